The van der Waals surface area contributed by atoms with E-state index < -0.39 is 0 Å². The van der Waals surface area contributed by atoms with Crippen LogP contribution in [0.25, 0.3) is 0 Å². The Balaban J connectivity index is 0.000000810. The monoisotopic (exact) mass is 167 g/mol. The van der Waals surface area contributed by atoms with Gasteiger partial charge in [0.2, 0.25) is 0 Å². The maximum absolute atomic E-state index is 8.77. The molecule has 0 aromatic rings. The first kappa shape index (κ1) is 10.2. The van der Waals surface area contributed by atoms with Gasteiger partial charge < -0.3 is 15.6 Å². The van der Waals surface area contributed by atoms with Gasteiger partial charge >= 0.3 is 0 Å². The lowest BCUT2D eigenvalue weighted by atomic mass is 9.93. The van der Waals surface area contributed by atoms with Crippen molar-refractivity contribution in [3.8, 4) is 0 Å². The fourth-order valence-corrected chi connectivity index (χ4v) is 0.936. The van der Waals surface area contributed by atoms with Crippen LogP contribution >= 0.6 is 12.4 Å². The van der Waals surface area contributed by atoms with Crippen LogP contribution in [-0.4, -0.2) is 30.5 Å². The number of ether oxygens (including phenoxy) is 1. The molecule has 0 spiro atoms. The van der Waals surface area contributed by atoms with E-state index in [0.29, 0.717) is 13.2 Å². The van der Waals surface area contributed by atoms with Crippen LogP contribution in [0.1, 0.15) is 12.8 Å². The third-order valence-corrected chi connectivity index (χ3v) is 1.80. The summed E-state index contributed by atoms with van der Waals surface area (Å²) in [6, 6.07) is 0. The summed E-state index contributed by atoms with van der Waals surface area (Å²) < 4.78 is 5.08. The number of aliphatic hydroxyl groups excluding tert-OH is 1. The molecule has 1 saturated heterocycles. The zero-order valence-corrected chi connectivity index (χ0v) is 6.69. The summed E-state index contributed by atoms with van der Waals surface area (Å²) in [6.45, 7) is 1.46. The minimum Gasteiger partial charge on any atom is -0.394 e. The van der Waals surface area contributed by atoms with Gasteiger partial charge in [-0.2, -0.15) is 0 Å². The zero-order valence-electron chi connectivity index (χ0n) is 5.88. The van der Waals surface area contributed by atoms with Crippen LogP contribution in [0.4, 0.5) is 0 Å². The minimum absolute atomic E-state index is 0. The Bertz CT molecular complexity index is 93.7. The standard InChI is InChI=1S/C6H13NO2.ClH/c7-6(5-8)1-3-9-4-2-6;/h8H,1-5,7H2;1H. The lowest BCUT2D eigenvalue weighted by molar-refractivity contribution is 0.0295. The fraction of sp³-hybridized carbons (Fsp3) is 1.00. The summed E-state index contributed by atoms with van der Waals surface area (Å²) in [7, 11) is 0. The minimum atomic E-state index is -0.349. The second-order valence-corrected chi connectivity index (χ2v) is 2.63. The SMILES string of the molecule is Cl.NC1(CO)CCOCC1. The Kier molecular flexibility index (Phi) is 4.20. The Morgan fingerprint density at radius 1 is 1.40 bits per heavy atom. The van der Waals surface area contributed by atoms with Crippen LogP contribution < -0.4 is 5.73 Å². The molecule has 0 atom stereocenters. The topological polar surface area (TPSA) is 55.5 Å². The van der Waals surface area contributed by atoms with E-state index in [9.17, 15) is 0 Å². The second kappa shape index (κ2) is 4.13. The highest BCUT2D eigenvalue weighted by atomic mass is 35.5. The van der Waals surface area contributed by atoms with Crippen LogP contribution in [0.15, 0.2) is 0 Å². The van der Waals surface area contributed by atoms with Crippen LogP contribution in [0.3, 0.4) is 0 Å². The second-order valence-electron chi connectivity index (χ2n) is 2.63. The third-order valence-electron chi connectivity index (χ3n) is 1.80. The fourth-order valence-electron chi connectivity index (χ4n) is 0.936. The molecule has 0 amide bonds. The first-order valence-corrected chi connectivity index (χ1v) is 3.24. The molecule has 0 unspecified atom stereocenters. The van der Waals surface area contributed by atoms with Gasteiger partial charge in [0.15, 0.2) is 0 Å². The summed E-state index contributed by atoms with van der Waals surface area (Å²) in [6.07, 6.45) is 1.56. The van der Waals surface area contributed by atoms with E-state index in [1.54, 1.807) is 0 Å². The van der Waals surface area contributed by atoms with E-state index in [-0.39, 0.29) is 24.6 Å². The molecule has 0 aromatic heterocycles. The van der Waals surface area contributed by atoms with E-state index >= 15 is 0 Å². The Labute approximate surface area is 67.0 Å². The van der Waals surface area contributed by atoms with Crippen LogP contribution in [0, 0.1) is 0 Å². The molecule has 0 aromatic carbocycles. The molecule has 1 fully saturated rings. The van der Waals surface area contributed by atoms with Gasteiger partial charge in [-0.05, 0) is 12.8 Å². The number of nitrogens with two attached hydrogens (primary N) is 1. The number of rotatable bonds is 1. The van der Waals surface area contributed by atoms with Gasteiger partial charge in [-0.25, -0.2) is 0 Å². The van der Waals surface area contributed by atoms with Crippen molar-refractivity contribution < 1.29 is 9.84 Å². The number of hydrogen-bond donors (Lipinski definition) is 2. The summed E-state index contributed by atoms with van der Waals surface area (Å²) >= 11 is 0. The number of halogens is 1. The van der Waals surface area contributed by atoms with Crippen molar-refractivity contribution in [2.75, 3.05) is 19.8 Å². The maximum atomic E-state index is 8.77. The molecule has 4 heteroatoms. The maximum Gasteiger partial charge on any atom is 0.0612 e. The van der Waals surface area contributed by atoms with Crippen molar-refractivity contribution in [3.63, 3.8) is 0 Å². The molecule has 0 saturated carbocycles. The zero-order chi connectivity index (χ0) is 6.74. The van der Waals surface area contributed by atoms with Gasteiger partial charge in [0.05, 0.1) is 6.61 Å². The lowest BCUT2D eigenvalue weighted by Gasteiger charge is -2.30. The van der Waals surface area contributed by atoms with Crippen molar-refractivity contribution >= 4 is 12.4 Å². The summed E-state index contributed by atoms with van der Waals surface area (Å²) in [4.78, 5) is 0. The summed E-state index contributed by atoms with van der Waals surface area (Å²) in [5.74, 6) is 0. The van der Waals surface area contributed by atoms with Gasteiger partial charge in [0.1, 0.15) is 0 Å². The van der Waals surface area contributed by atoms with Gasteiger partial charge in [0.25, 0.3) is 0 Å². The Hall–Kier alpha value is 0.170. The van der Waals surface area contributed by atoms with E-state index in [1.807, 2.05) is 0 Å². The highest BCUT2D eigenvalue weighted by Gasteiger charge is 2.26. The van der Waals surface area contributed by atoms with Gasteiger partial charge in [0, 0.05) is 18.8 Å². The quantitative estimate of drug-likeness (QED) is 0.574. The van der Waals surface area contributed by atoms with Gasteiger partial charge in [-0.1, -0.05) is 0 Å². The molecule has 1 rings (SSSR count). The molecule has 1 aliphatic heterocycles. The average molecular weight is 168 g/mol. The number of hydrogen-bond acceptors (Lipinski definition) is 3. The molecule has 3 N–H and O–H groups in total. The smallest absolute Gasteiger partial charge is 0.0612 e. The summed E-state index contributed by atoms with van der Waals surface area (Å²) in [5.41, 5.74) is 5.38. The molecular formula is C6H14ClNO2. The molecule has 1 aliphatic rings. The molecule has 10 heavy (non-hydrogen) atoms. The highest BCUT2D eigenvalue weighted by molar-refractivity contribution is 5.85. The predicted molar refractivity (Wildman–Crippen MR) is 41.3 cm³/mol. The first-order valence-electron chi connectivity index (χ1n) is 3.24. The van der Waals surface area contributed by atoms with Crippen molar-refractivity contribution in [3.05, 3.63) is 0 Å². The van der Waals surface area contributed by atoms with Crippen LogP contribution in [0.5, 0.6) is 0 Å². The van der Waals surface area contributed by atoms with E-state index in [0.717, 1.165) is 12.8 Å². The Morgan fingerprint density at radius 3 is 2.20 bits per heavy atom. The largest absolute Gasteiger partial charge is 0.394 e. The molecule has 0 bridgehead atoms. The summed E-state index contributed by atoms with van der Waals surface area (Å²) in [5, 5.41) is 8.77. The van der Waals surface area contributed by atoms with Crippen molar-refractivity contribution in [2.45, 2.75) is 18.4 Å². The van der Waals surface area contributed by atoms with Gasteiger partial charge in [-0.3, -0.25) is 0 Å². The van der Waals surface area contributed by atoms with Crippen molar-refractivity contribution in [1.82, 2.24) is 0 Å². The molecule has 3 nitrogen and oxygen atoms in total. The molecule has 62 valence electrons. The van der Waals surface area contributed by atoms with Crippen molar-refractivity contribution in [1.29, 1.82) is 0 Å². The van der Waals surface area contributed by atoms with Gasteiger partial charge in [-0.15, -0.1) is 12.4 Å². The Morgan fingerprint density at radius 2 is 1.90 bits per heavy atom. The van der Waals surface area contributed by atoms with Crippen LogP contribution in [-0.2, 0) is 4.74 Å². The molecule has 0 radical (unpaired) electrons. The first-order chi connectivity index (χ1) is 4.27. The van der Waals surface area contributed by atoms with E-state index in [2.05, 4.69) is 0 Å². The molecule has 0 aliphatic carbocycles. The lowest BCUT2D eigenvalue weighted by Crippen LogP contribution is -2.48. The number of aliphatic hydroxyl groups is 1. The van der Waals surface area contributed by atoms with Crippen molar-refractivity contribution in [2.24, 2.45) is 5.73 Å². The molecule has 1 heterocycles. The highest BCUT2D eigenvalue weighted by Crippen LogP contribution is 2.15. The normalized spacial score (nSPS) is 23.4. The third kappa shape index (κ3) is 2.42. The van der Waals surface area contributed by atoms with Crippen LogP contribution in [0.2, 0.25) is 0 Å². The van der Waals surface area contributed by atoms with E-state index in [1.165, 1.54) is 0 Å². The molecular weight excluding hydrogens is 154 g/mol. The van der Waals surface area contributed by atoms with E-state index in [4.69, 9.17) is 15.6 Å². The average Bonchev–Trinajstić information content (AvgIpc) is 1.90. The predicted octanol–water partition coefficient (Wildman–Crippen LogP) is -0.0916.